The summed E-state index contributed by atoms with van der Waals surface area (Å²) in [5, 5.41) is 4.92. The van der Waals surface area contributed by atoms with Crippen LogP contribution >= 0.6 is 12.2 Å². The van der Waals surface area contributed by atoms with Crippen LogP contribution in [0.3, 0.4) is 0 Å². The summed E-state index contributed by atoms with van der Waals surface area (Å²) in [5.74, 6) is 1.06. The lowest BCUT2D eigenvalue weighted by Crippen LogP contribution is -2.39. The third-order valence-corrected chi connectivity index (χ3v) is 4.02. The topological polar surface area (TPSA) is 45.5 Å². The summed E-state index contributed by atoms with van der Waals surface area (Å²) >= 11 is 5.59. The zero-order valence-electron chi connectivity index (χ0n) is 15.1. The van der Waals surface area contributed by atoms with Crippen LogP contribution in [-0.2, 0) is 0 Å². The molecule has 0 atom stereocenters. The van der Waals surface area contributed by atoms with E-state index in [-0.39, 0.29) is 5.63 Å². The first-order valence-corrected chi connectivity index (χ1v) is 8.77. The molecule has 1 aromatic carbocycles. The van der Waals surface area contributed by atoms with E-state index < -0.39 is 0 Å². The van der Waals surface area contributed by atoms with Gasteiger partial charge in [-0.2, -0.15) is 0 Å². The van der Waals surface area contributed by atoms with E-state index in [4.69, 9.17) is 16.6 Å². The average molecular weight is 346 g/mol. The van der Waals surface area contributed by atoms with Crippen molar-refractivity contribution in [2.45, 2.75) is 34.6 Å². The lowest BCUT2D eigenvalue weighted by atomic mass is 10.1. The fourth-order valence-corrected chi connectivity index (χ4v) is 2.99. The minimum absolute atomic E-state index is 0.332. The normalized spacial score (nSPS) is 11.3. The second-order valence-corrected chi connectivity index (χ2v) is 7.47. The van der Waals surface area contributed by atoms with Crippen LogP contribution in [-0.4, -0.2) is 23.1 Å². The van der Waals surface area contributed by atoms with Crippen molar-refractivity contribution in [3.8, 4) is 0 Å². The molecule has 0 saturated heterocycles. The summed E-state index contributed by atoms with van der Waals surface area (Å²) < 4.78 is 5.30. The highest BCUT2D eigenvalue weighted by Gasteiger charge is 2.14. The first kappa shape index (κ1) is 18.5. The van der Waals surface area contributed by atoms with Gasteiger partial charge in [0.2, 0.25) is 0 Å². The first-order chi connectivity index (χ1) is 11.3. The van der Waals surface area contributed by atoms with Crippen LogP contribution in [0, 0.1) is 18.8 Å². The maximum absolute atomic E-state index is 11.6. The Morgan fingerprint density at radius 3 is 2.38 bits per heavy atom. The molecule has 0 saturated carbocycles. The predicted octanol–water partition coefficient (Wildman–Crippen LogP) is 4.41. The highest BCUT2D eigenvalue weighted by atomic mass is 32.1. The number of nitrogens with zero attached hydrogens (tertiary/aromatic N) is 1. The fourth-order valence-electron chi connectivity index (χ4n) is 2.73. The molecule has 5 heteroatoms. The molecule has 0 spiro atoms. The Balaban J connectivity index is 2.23. The minimum atomic E-state index is -0.332. The summed E-state index contributed by atoms with van der Waals surface area (Å²) in [6.45, 7) is 12.5. The van der Waals surface area contributed by atoms with Crippen molar-refractivity contribution in [2.75, 3.05) is 18.4 Å². The number of nitrogens with one attached hydrogen (secondary N) is 1. The van der Waals surface area contributed by atoms with Crippen LogP contribution in [0.4, 0.5) is 5.69 Å². The number of hydrogen-bond donors (Lipinski definition) is 1. The molecule has 4 nitrogen and oxygen atoms in total. The molecule has 2 rings (SSSR count). The molecule has 0 fully saturated rings. The second kappa shape index (κ2) is 7.79. The summed E-state index contributed by atoms with van der Waals surface area (Å²) in [6, 6.07) is 7.25. The van der Waals surface area contributed by atoms with Crippen LogP contribution in [0.1, 0.15) is 33.3 Å². The van der Waals surface area contributed by atoms with E-state index in [1.807, 2.05) is 25.1 Å². The van der Waals surface area contributed by atoms with Gasteiger partial charge in [0.15, 0.2) is 5.11 Å². The molecule has 2 aromatic rings. The number of thiocarbonyl (C=S) groups is 1. The van der Waals surface area contributed by atoms with Crippen LogP contribution in [0.5, 0.6) is 0 Å². The van der Waals surface area contributed by atoms with Gasteiger partial charge in [-0.25, -0.2) is 4.79 Å². The van der Waals surface area contributed by atoms with Gasteiger partial charge < -0.3 is 14.6 Å². The van der Waals surface area contributed by atoms with Crippen LogP contribution in [0.15, 0.2) is 33.5 Å². The first-order valence-electron chi connectivity index (χ1n) is 8.36. The van der Waals surface area contributed by atoms with Crippen LogP contribution < -0.4 is 10.9 Å². The molecule has 24 heavy (non-hydrogen) atoms. The lowest BCUT2D eigenvalue weighted by Gasteiger charge is -2.29. The van der Waals surface area contributed by atoms with Crippen LogP contribution in [0.25, 0.3) is 11.0 Å². The summed E-state index contributed by atoms with van der Waals surface area (Å²) in [4.78, 5) is 13.8. The third kappa shape index (κ3) is 4.81. The summed E-state index contributed by atoms with van der Waals surface area (Å²) in [7, 11) is 0. The van der Waals surface area contributed by atoms with Gasteiger partial charge in [0.1, 0.15) is 5.58 Å². The van der Waals surface area contributed by atoms with Gasteiger partial charge in [-0.15, -0.1) is 0 Å². The molecule has 0 aliphatic carbocycles. The smallest absolute Gasteiger partial charge is 0.336 e. The van der Waals surface area contributed by atoms with E-state index in [2.05, 4.69) is 37.9 Å². The number of anilines is 1. The Hall–Kier alpha value is -1.88. The number of rotatable bonds is 5. The molecule has 0 unspecified atom stereocenters. The number of hydrogen-bond acceptors (Lipinski definition) is 3. The summed E-state index contributed by atoms with van der Waals surface area (Å²) in [5.41, 5.74) is 1.99. The van der Waals surface area contributed by atoms with Gasteiger partial charge in [-0.3, -0.25) is 0 Å². The number of fused-ring (bicyclic) bond motifs is 1. The number of benzene rings is 1. The molecule has 1 aromatic heterocycles. The van der Waals surface area contributed by atoms with Crippen molar-refractivity contribution in [3.05, 3.63) is 40.2 Å². The predicted molar refractivity (Wildman–Crippen MR) is 105 cm³/mol. The highest BCUT2D eigenvalue weighted by molar-refractivity contribution is 7.80. The Morgan fingerprint density at radius 1 is 1.17 bits per heavy atom. The van der Waals surface area contributed by atoms with Crippen molar-refractivity contribution in [1.29, 1.82) is 0 Å². The largest absolute Gasteiger partial charge is 0.423 e. The van der Waals surface area contributed by atoms with Gasteiger partial charge in [0.25, 0.3) is 0 Å². The molecule has 1 heterocycles. The van der Waals surface area contributed by atoms with Gasteiger partial charge >= 0.3 is 5.63 Å². The minimum Gasteiger partial charge on any atom is -0.423 e. The molecular formula is C19H26N2O2S. The zero-order chi connectivity index (χ0) is 17.9. The Labute approximate surface area is 148 Å². The van der Waals surface area contributed by atoms with Crippen molar-refractivity contribution in [1.82, 2.24) is 4.90 Å². The lowest BCUT2D eigenvalue weighted by molar-refractivity contribution is 0.332. The zero-order valence-corrected chi connectivity index (χ0v) is 15.9. The van der Waals surface area contributed by atoms with Crippen molar-refractivity contribution in [2.24, 2.45) is 11.8 Å². The van der Waals surface area contributed by atoms with Gasteiger partial charge in [0, 0.05) is 36.3 Å². The SMILES string of the molecule is Cc1cc(=O)oc2cc(NC(=S)N(CC(C)C)CC(C)C)ccc12. The van der Waals surface area contributed by atoms with Gasteiger partial charge in [0.05, 0.1) is 0 Å². The van der Waals surface area contributed by atoms with Crippen molar-refractivity contribution >= 4 is 34.0 Å². The van der Waals surface area contributed by atoms with E-state index in [9.17, 15) is 4.79 Å². The van der Waals surface area contributed by atoms with Crippen molar-refractivity contribution in [3.63, 3.8) is 0 Å². The highest BCUT2D eigenvalue weighted by Crippen LogP contribution is 2.21. The molecule has 0 aliphatic rings. The van der Waals surface area contributed by atoms with Gasteiger partial charge in [-0.1, -0.05) is 27.7 Å². The quantitative estimate of drug-likeness (QED) is 0.642. The molecule has 0 aliphatic heterocycles. The average Bonchev–Trinajstić information content (AvgIpc) is 2.44. The second-order valence-electron chi connectivity index (χ2n) is 7.08. The van der Waals surface area contributed by atoms with Crippen molar-refractivity contribution < 1.29 is 4.42 Å². The van der Waals surface area contributed by atoms with E-state index >= 15 is 0 Å². The molecule has 0 bridgehead atoms. The molecule has 130 valence electrons. The summed E-state index contributed by atoms with van der Waals surface area (Å²) in [6.07, 6.45) is 0. The van der Waals surface area contributed by atoms with Gasteiger partial charge in [-0.05, 0) is 48.7 Å². The van der Waals surface area contributed by atoms with E-state index in [0.29, 0.717) is 22.5 Å². The monoisotopic (exact) mass is 346 g/mol. The third-order valence-electron chi connectivity index (χ3n) is 3.66. The Morgan fingerprint density at radius 2 is 1.79 bits per heavy atom. The van der Waals surface area contributed by atoms with Crippen LogP contribution in [0.2, 0.25) is 0 Å². The molecule has 1 N–H and O–H groups in total. The molecule has 0 amide bonds. The Kier molecular flexibility index (Phi) is 5.99. The standard InChI is InChI=1S/C19H26N2O2S/c1-12(2)10-21(11-13(3)4)19(24)20-15-6-7-16-14(5)8-18(22)23-17(16)9-15/h6-9,12-13H,10-11H2,1-5H3,(H,20,24). The number of aryl methyl sites for hydroxylation is 1. The maximum Gasteiger partial charge on any atom is 0.336 e. The molecule has 0 radical (unpaired) electrons. The van der Waals surface area contributed by atoms with E-state index in [1.54, 1.807) is 0 Å². The maximum atomic E-state index is 11.6. The molecular weight excluding hydrogens is 320 g/mol. The Bertz CT molecular complexity index is 771. The fraction of sp³-hybridized carbons (Fsp3) is 0.474. The van der Waals surface area contributed by atoms with E-state index in [1.165, 1.54) is 6.07 Å². The van der Waals surface area contributed by atoms with E-state index in [0.717, 1.165) is 29.7 Å².